The minimum Gasteiger partial charge on any atom is -0.294 e. The lowest BCUT2D eigenvalue weighted by molar-refractivity contribution is 0.0998. The third kappa shape index (κ3) is 4.48. The Bertz CT molecular complexity index is 966. The molecule has 0 atom stereocenters. The zero-order valence-electron chi connectivity index (χ0n) is 15.6. The van der Waals surface area contributed by atoms with E-state index in [1.165, 1.54) is 0 Å². The molecule has 0 heterocycles. The van der Waals surface area contributed by atoms with Gasteiger partial charge in [-0.05, 0) is 25.0 Å². The largest absolute Gasteiger partial charge is 0.294 e. The van der Waals surface area contributed by atoms with Crippen molar-refractivity contribution >= 4 is 17.1 Å². The molecule has 0 spiro atoms. The van der Waals surface area contributed by atoms with Crippen LogP contribution in [0, 0.1) is 6.92 Å². The lowest BCUT2D eigenvalue weighted by atomic mass is 9.90. The molecule has 0 N–H and O–H groups in total. The van der Waals surface area contributed by atoms with Crippen LogP contribution in [-0.2, 0) is 0 Å². The molecule has 2 heteroatoms. The van der Waals surface area contributed by atoms with Crippen molar-refractivity contribution in [2.24, 2.45) is 0 Å². The smallest absolute Gasteiger partial charge is 0.189 e. The Morgan fingerprint density at radius 1 is 0.667 bits per heavy atom. The van der Waals surface area contributed by atoms with Crippen LogP contribution in [0.15, 0.2) is 90.5 Å². The average molecular weight is 354 g/mol. The van der Waals surface area contributed by atoms with Gasteiger partial charge in [-0.15, -0.1) is 0 Å². The van der Waals surface area contributed by atoms with Gasteiger partial charge in [0.05, 0.1) is 0 Å². The minimum atomic E-state index is -0.0499. The molecule has 134 valence electrons. The van der Waals surface area contributed by atoms with E-state index in [-0.39, 0.29) is 18.0 Å². The molecule has 0 aromatic heterocycles. The average Bonchev–Trinajstić information content (AvgIpc) is 2.72. The molecule has 2 nitrogen and oxygen atoms in total. The Morgan fingerprint density at radius 2 is 1.19 bits per heavy atom. The topological polar surface area (TPSA) is 34.1 Å². The Labute approximate surface area is 160 Å². The van der Waals surface area contributed by atoms with Crippen LogP contribution in [0.3, 0.4) is 0 Å². The second kappa shape index (κ2) is 8.41. The number of carbonyl (C=O) groups excluding carboxylic acids is 2. The van der Waals surface area contributed by atoms with Gasteiger partial charge in [-0.25, -0.2) is 0 Å². The van der Waals surface area contributed by atoms with Crippen molar-refractivity contribution < 1.29 is 9.59 Å². The molecule has 0 saturated heterocycles. The number of Topliss-reactive ketones (excluding diaryl/α,β-unsaturated/α-hetero) is 2. The van der Waals surface area contributed by atoms with E-state index < -0.39 is 0 Å². The molecule has 27 heavy (non-hydrogen) atoms. The maximum atomic E-state index is 13.0. The molecule has 3 rings (SSSR count). The minimum absolute atomic E-state index is 0.00839. The fraction of sp³-hybridized carbons (Fsp3) is 0.120. The van der Waals surface area contributed by atoms with Gasteiger partial charge in [0.1, 0.15) is 0 Å². The first-order valence-electron chi connectivity index (χ1n) is 9.01. The molecular formula is C25H22O2. The summed E-state index contributed by atoms with van der Waals surface area (Å²) in [4.78, 5) is 25.8. The SMILES string of the molecule is CC(C(=O)c1ccccc1)=C(CC(=O)c1ccc(C)cc1)c1ccccc1. The van der Waals surface area contributed by atoms with Crippen molar-refractivity contribution in [1.82, 2.24) is 0 Å². The van der Waals surface area contributed by atoms with Gasteiger partial charge in [-0.3, -0.25) is 9.59 Å². The summed E-state index contributed by atoms with van der Waals surface area (Å²) < 4.78 is 0. The van der Waals surface area contributed by atoms with E-state index in [1.807, 2.05) is 79.7 Å². The molecule has 0 unspecified atom stereocenters. The third-order valence-corrected chi connectivity index (χ3v) is 4.66. The van der Waals surface area contributed by atoms with Crippen LogP contribution >= 0.6 is 0 Å². The molecule has 3 aromatic rings. The van der Waals surface area contributed by atoms with Crippen molar-refractivity contribution in [3.63, 3.8) is 0 Å². The fourth-order valence-electron chi connectivity index (χ4n) is 3.04. The first-order chi connectivity index (χ1) is 13.1. The summed E-state index contributed by atoms with van der Waals surface area (Å²) >= 11 is 0. The van der Waals surface area contributed by atoms with Gasteiger partial charge in [-0.2, -0.15) is 0 Å². The van der Waals surface area contributed by atoms with E-state index in [4.69, 9.17) is 0 Å². The summed E-state index contributed by atoms with van der Waals surface area (Å²) in [5.74, 6) is -0.0415. The summed E-state index contributed by atoms with van der Waals surface area (Å²) in [6, 6.07) is 26.4. The van der Waals surface area contributed by atoms with Crippen LogP contribution in [0.1, 0.15) is 45.2 Å². The van der Waals surface area contributed by atoms with Gasteiger partial charge >= 0.3 is 0 Å². The Hall–Kier alpha value is -3.26. The lowest BCUT2D eigenvalue weighted by Gasteiger charge is -2.12. The third-order valence-electron chi connectivity index (χ3n) is 4.66. The maximum Gasteiger partial charge on any atom is 0.189 e. The van der Waals surface area contributed by atoms with Crippen molar-refractivity contribution in [2.75, 3.05) is 0 Å². The van der Waals surface area contributed by atoms with E-state index in [1.54, 1.807) is 19.1 Å². The van der Waals surface area contributed by atoms with Gasteiger partial charge < -0.3 is 0 Å². The summed E-state index contributed by atoms with van der Waals surface area (Å²) in [5, 5.41) is 0. The van der Waals surface area contributed by atoms with Crippen molar-refractivity contribution in [3.05, 3.63) is 113 Å². The van der Waals surface area contributed by atoms with E-state index in [0.29, 0.717) is 16.7 Å². The monoisotopic (exact) mass is 354 g/mol. The van der Waals surface area contributed by atoms with Gasteiger partial charge in [0.25, 0.3) is 0 Å². The van der Waals surface area contributed by atoms with Crippen LogP contribution in [-0.4, -0.2) is 11.6 Å². The van der Waals surface area contributed by atoms with E-state index in [0.717, 1.165) is 16.7 Å². The maximum absolute atomic E-state index is 13.0. The molecular weight excluding hydrogens is 332 g/mol. The molecule has 0 aliphatic rings. The number of carbonyl (C=O) groups is 2. The van der Waals surface area contributed by atoms with Gasteiger partial charge in [0.2, 0.25) is 0 Å². The number of benzene rings is 3. The fourth-order valence-corrected chi connectivity index (χ4v) is 3.04. The molecule has 0 fully saturated rings. The molecule has 0 bridgehead atoms. The van der Waals surface area contributed by atoms with Crippen molar-refractivity contribution in [1.29, 1.82) is 0 Å². The van der Waals surface area contributed by atoms with E-state index >= 15 is 0 Å². The predicted molar refractivity (Wildman–Crippen MR) is 110 cm³/mol. The highest BCUT2D eigenvalue weighted by atomic mass is 16.1. The zero-order chi connectivity index (χ0) is 19.2. The number of ketones is 2. The highest BCUT2D eigenvalue weighted by Crippen LogP contribution is 2.26. The predicted octanol–water partition coefficient (Wildman–Crippen LogP) is 5.92. The normalized spacial score (nSPS) is 11.6. The van der Waals surface area contributed by atoms with Crippen molar-refractivity contribution in [2.45, 2.75) is 20.3 Å². The number of aryl methyl sites for hydroxylation is 1. The number of allylic oxidation sites excluding steroid dienone is 2. The lowest BCUT2D eigenvalue weighted by Crippen LogP contribution is -2.08. The first kappa shape index (κ1) is 18.5. The number of hydrogen-bond donors (Lipinski definition) is 0. The zero-order valence-corrected chi connectivity index (χ0v) is 15.6. The molecule has 0 aliphatic heterocycles. The second-order valence-corrected chi connectivity index (χ2v) is 6.63. The quantitative estimate of drug-likeness (QED) is 0.406. The Kier molecular flexibility index (Phi) is 5.77. The number of hydrogen-bond acceptors (Lipinski definition) is 2. The second-order valence-electron chi connectivity index (χ2n) is 6.63. The Morgan fingerprint density at radius 3 is 1.74 bits per heavy atom. The number of rotatable bonds is 6. The molecule has 0 radical (unpaired) electrons. The van der Waals surface area contributed by atoms with Crippen LogP contribution in [0.2, 0.25) is 0 Å². The molecule has 0 saturated carbocycles. The van der Waals surface area contributed by atoms with Crippen LogP contribution < -0.4 is 0 Å². The van der Waals surface area contributed by atoms with Gasteiger partial charge in [-0.1, -0.05) is 90.5 Å². The standard InChI is InChI=1S/C25H22O2/c1-18-13-15-21(16-14-18)24(26)17-23(20-9-5-3-6-10-20)19(2)25(27)22-11-7-4-8-12-22/h3-16H,17H2,1-2H3. The summed E-state index contributed by atoms with van der Waals surface area (Å²) in [5.41, 5.74) is 4.68. The summed E-state index contributed by atoms with van der Waals surface area (Å²) in [6.45, 7) is 3.80. The summed E-state index contributed by atoms with van der Waals surface area (Å²) in [7, 11) is 0. The van der Waals surface area contributed by atoms with E-state index in [9.17, 15) is 9.59 Å². The Balaban J connectivity index is 2.00. The highest BCUT2D eigenvalue weighted by Gasteiger charge is 2.18. The molecule has 0 amide bonds. The first-order valence-corrected chi connectivity index (χ1v) is 9.01. The van der Waals surface area contributed by atoms with Gasteiger partial charge in [0, 0.05) is 23.1 Å². The summed E-state index contributed by atoms with van der Waals surface area (Å²) in [6.07, 6.45) is 0.192. The van der Waals surface area contributed by atoms with Crippen molar-refractivity contribution in [3.8, 4) is 0 Å². The van der Waals surface area contributed by atoms with Crippen LogP contribution in [0.5, 0.6) is 0 Å². The molecule has 0 aliphatic carbocycles. The van der Waals surface area contributed by atoms with Gasteiger partial charge in [0.15, 0.2) is 11.6 Å². The molecule has 3 aromatic carbocycles. The van der Waals surface area contributed by atoms with E-state index in [2.05, 4.69) is 0 Å². The van der Waals surface area contributed by atoms with Crippen LogP contribution in [0.25, 0.3) is 5.57 Å². The highest BCUT2D eigenvalue weighted by molar-refractivity contribution is 6.15. The van der Waals surface area contributed by atoms with Crippen LogP contribution in [0.4, 0.5) is 0 Å².